The zero-order chi connectivity index (χ0) is 23.2. The minimum Gasteiger partial charge on any atom is -0.395 e. The minimum atomic E-state index is -4.39. The number of alkyl halides is 3. The van der Waals surface area contributed by atoms with E-state index in [1.807, 2.05) is 0 Å². The molecule has 0 aromatic heterocycles. The zero-order valence-electron chi connectivity index (χ0n) is 18.4. The highest BCUT2D eigenvalue weighted by atomic mass is 32.2. The van der Waals surface area contributed by atoms with Gasteiger partial charge in [-0.2, -0.15) is 13.2 Å². The van der Waals surface area contributed by atoms with Crippen LogP contribution in [0.4, 0.5) is 17.6 Å². The molecule has 0 amide bonds. The zero-order valence-corrected chi connectivity index (χ0v) is 19.2. The van der Waals surface area contributed by atoms with E-state index in [2.05, 4.69) is 9.80 Å². The number of halogens is 4. The third-order valence-electron chi connectivity index (χ3n) is 7.65. The smallest absolute Gasteiger partial charge is 0.395 e. The lowest BCUT2D eigenvalue weighted by Gasteiger charge is -2.48. The maximum absolute atomic E-state index is 14.0. The molecule has 5 rings (SSSR count). The average molecular weight is 481 g/mol. The number of hydrogen-bond donors (Lipinski definition) is 1. The molecule has 1 saturated heterocycles. The molecule has 0 bridgehead atoms. The molecule has 1 saturated carbocycles. The Morgan fingerprint density at radius 1 is 0.939 bits per heavy atom. The predicted molar refractivity (Wildman–Crippen MR) is 120 cm³/mol. The van der Waals surface area contributed by atoms with Crippen molar-refractivity contribution >= 4 is 11.8 Å². The van der Waals surface area contributed by atoms with Gasteiger partial charge in [-0.3, -0.25) is 9.80 Å². The molecule has 0 unspecified atom stereocenters. The van der Waals surface area contributed by atoms with Crippen molar-refractivity contribution in [2.24, 2.45) is 0 Å². The molecule has 2 aromatic carbocycles. The predicted octanol–water partition coefficient (Wildman–Crippen LogP) is 5.15. The summed E-state index contributed by atoms with van der Waals surface area (Å²) in [7, 11) is 0. The maximum Gasteiger partial charge on any atom is 0.416 e. The van der Waals surface area contributed by atoms with Crippen molar-refractivity contribution in [1.29, 1.82) is 0 Å². The third kappa shape index (κ3) is 4.31. The summed E-state index contributed by atoms with van der Waals surface area (Å²) in [6.45, 7) is 4.62. The summed E-state index contributed by atoms with van der Waals surface area (Å²) in [5.74, 6) is -0.318. The number of aliphatic hydroxyl groups is 1. The fourth-order valence-electron chi connectivity index (χ4n) is 5.90. The van der Waals surface area contributed by atoms with Crippen LogP contribution in [0.2, 0.25) is 0 Å². The van der Waals surface area contributed by atoms with Gasteiger partial charge in [-0.1, -0.05) is 17.8 Å². The van der Waals surface area contributed by atoms with E-state index in [-0.39, 0.29) is 12.4 Å². The van der Waals surface area contributed by atoms with Gasteiger partial charge in [0.15, 0.2) is 0 Å². The molecule has 0 radical (unpaired) electrons. The molecule has 2 aliphatic heterocycles. The van der Waals surface area contributed by atoms with Crippen LogP contribution < -0.4 is 0 Å². The maximum atomic E-state index is 14.0. The molecule has 178 valence electrons. The van der Waals surface area contributed by atoms with Crippen molar-refractivity contribution in [1.82, 2.24) is 9.80 Å². The first-order valence-corrected chi connectivity index (χ1v) is 12.4. The SMILES string of the molecule is OCCN1CCN(C2CCC3(CC2)c2ccc(F)cc2Sc2ccc(C(F)(F)F)cc23)CC1. The Hall–Kier alpha value is -1.61. The van der Waals surface area contributed by atoms with Gasteiger partial charge in [0.1, 0.15) is 5.82 Å². The van der Waals surface area contributed by atoms with Gasteiger partial charge in [0, 0.05) is 54.0 Å². The second-order valence-corrected chi connectivity index (χ2v) is 10.4. The summed E-state index contributed by atoms with van der Waals surface area (Å²) in [6, 6.07) is 9.18. The minimum absolute atomic E-state index is 0.170. The van der Waals surface area contributed by atoms with Crippen LogP contribution in [0.3, 0.4) is 0 Å². The molecule has 0 atom stereocenters. The normalized spacial score (nSPS) is 26.3. The van der Waals surface area contributed by atoms with E-state index < -0.39 is 17.2 Å². The van der Waals surface area contributed by atoms with Gasteiger partial charge in [-0.05, 0) is 67.1 Å². The quantitative estimate of drug-likeness (QED) is 0.615. The van der Waals surface area contributed by atoms with Crippen LogP contribution in [0.1, 0.15) is 42.4 Å². The largest absolute Gasteiger partial charge is 0.416 e. The number of aliphatic hydroxyl groups excluding tert-OH is 1. The fraction of sp³-hybridized carbons (Fsp3) is 0.520. The standard InChI is InChI=1S/C25H28F4N2OS/c26-18-2-3-20-23(16-18)33-22-4-1-17(25(27,28)29)15-21(22)24(20)7-5-19(6-8-24)31-11-9-30(10-12-31)13-14-32/h1-4,15-16,19,32H,5-14H2. The van der Waals surface area contributed by atoms with E-state index in [4.69, 9.17) is 0 Å². The fourth-order valence-corrected chi connectivity index (χ4v) is 7.18. The molecule has 3 aliphatic rings. The van der Waals surface area contributed by atoms with Crippen molar-refractivity contribution in [3.8, 4) is 0 Å². The third-order valence-corrected chi connectivity index (χ3v) is 8.78. The molecule has 2 aromatic rings. The summed E-state index contributed by atoms with van der Waals surface area (Å²) in [6.07, 6.45) is -1.09. The van der Waals surface area contributed by atoms with E-state index >= 15 is 0 Å². The van der Waals surface area contributed by atoms with Crippen molar-refractivity contribution in [3.05, 3.63) is 58.9 Å². The number of rotatable bonds is 3. The van der Waals surface area contributed by atoms with Gasteiger partial charge < -0.3 is 5.11 Å². The average Bonchev–Trinajstić information content (AvgIpc) is 2.79. The van der Waals surface area contributed by atoms with Gasteiger partial charge in [0.2, 0.25) is 0 Å². The Bertz CT molecular complexity index is 1010. The first-order valence-electron chi connectivity index (χ1n) is 11.6. The second kappa shape index (κ2) is 8.87. The monoisotopic (exact) mass is 480 g/mol. The van der Waals surface area contributed by atoms with Gasteiger partial charge in [0.05, 0.1) is 12.2 Å². The molecule has 2 heterocycles. The summed E-state index contributed by atoms with van der Waals surface area (Å²) < 4.78 is 54.8. The van der Waals surface area contributed by atoms with E-state index in [1.165, 1.54) is 30.0 Å². The number of nitrogens with zero attached hydrogens (tertiary/aromatic N) is 2. The highest BCUT2D eigenvalue weighted by molar-refractivity contribution is 7.99. The molecule has 3 nitrogen and oxygen atoms in total. The van der Waals surface area contributed by atoms with Crippen LogP contribution in [0.15, 0.2) is 46.2 Å². The van der Waals surface area contributed by atoms with Crippen LogP contribution in [-0.2, 0) is 11.6 Å². The highest BCUT2D eigenvalue weighted by Crippen LogP contribution is 2.56. The van der Waals surface area contributed by atoms with Crippen LogP contribution in [-0.4, -0.2) is 60.3 Å². The van der Waals surface area contributed by atoms with E-state index in [1.54, 1.807) is 12.1 Å². The van der Waals surface area contributed by atoms with Crippen molar-refractivity contribution in [3.63, 3.8) is 0 Å². The van der Waals surface area contributed by atoms with Crippen LogP contribution >= 0.6 is 11.8 Å². The lowest BCUT2D eigenvalue weighted by molar-refractivity contribution is -0.137. The van der Waals surface area contributed by atoms with E-state index in [0.717, 1.165) is 78.8 Å². The van der Waals surface area contributed by atoms with Crippen molar-refractivity contribution in [2.45, 2.75) is 53.1 Å². The first kappa shape index (κ1) is 23.1. The number of hydrogen-bond acceptors (Lipinski definition) is 4. The number of fused-ring (bicyclic) bond motifs is 4. The Balaban J connectivity index is 1.44. The highest BCUT2D eigenvalue weighted by Gasteiger charge is 2.46. The molecular weight excluding hydrogens is 452 g/mol. The molecule has 33 heavy (non-hydrogen) atoms. The summed E-state index contributed by atoms with van der Waals surface area (Å²) in [5.41, 5.74) is 0.577. The second-order valence-electron chi connectivity index (χ2n) is 9.37. The topological polar surface area (TPSA) is 26.7 Å². The summed E-state index contributed by atoms with van der Waals surface area (Å²) >= 11 is 1.37. The van der Waals surface area contributed by atoms with Gasteiger partial charge in [-0.25, -0.2) is 4.39 Å². The molecule has 8 heteroatoms. The number of piperazine rings is 1. The number of β-amino-alcohol motifs (C(OH)–C–C–N with tert-alkyl or cyclic N) is 1. The van der Waals surface area contributed by atoms with Crippen LogP contribution in [0, 0.1) is 5.82 Å². The molecule has 2 fully saturated rings. The number of benzene rings is 2. The van der Waals surface area contributed by atoms with Crippen molar-refractivity contribution < 1.29 is 22.7 Å². The Morgan fingerprint density at radius 2 is 1.67 bits per heavy atom. The molecular formula is C25H28F4N2OS. The Morgan fingerprint density at radius 3 is 2.33 bits per heavy atom. The summed E-state index contributed by atoms with van der Waals surface area (Å²) in [5, 5.41) is 9.17. The van der Waals surface area contributed by atoms with Gasteiger partial charge in [-0.15, -0.1) is 0 Å². The van der Waals surface area contributed by atoms with E-state index in [0.29, 0.717) is 12.6 Å². The molecule has 1 N–H and O–H groups in total. The molecule has 1 aliphatic carbocycles. The van der Waals surface area contributed by atoms with Gasteiger partial charge >= 0.3 is 6.18 Å². The van der Waals surface area contributed by atoms with Gasteiger partial charge in [0.25, 0.3) is 0 Å². The molecule has 1 spiro atoms. The first-order chi connectivity index (χ1) is 15.8. The van der Waals surface area contributed by atoms with Crippen LogP contribution in [0.5, 0.6) is 0 Å². The summed E-state index contributed by atoms with van der Waals surface area (Å²) in [4.78, 5) is 6.38. The lowest BCUT2D eigenvalue weighted by atomic mass is 9.63. The van der Waals surface area contributed by atoms with Crippen molar-refractivity contribution in [2.75, 3.05) is 39.3 Å². The van der Waals surface area contributed by atoms with E-state index in [9.17, 15) is 22.7 Å². The Kier molecular flexibility index (Phi) is 6.22. The lowest BCUT2D eigenvalue weighted by Crippen LogP contribution is -2.52. The van der Waals surface area contributed by atoms with Crippen LogP contribution in [0.25, 0.3) is 0 Å². The Labute approximate surface area is 195 Å².